The summed E-state index contributed by atoms with van der Waals surface area (Å²) in [7, 11) is 0. The number of benzene rings is 1. The third-order valence-electron chi connectivity index (χ3n) is 3.92. The lowest BCUT2D eigenvalue weighted by atomic mass is 10.2. The Morgan fingerprint density at radius 1 is 1.19 bits per heavy atom. The van der Waals surface area contributed by atoms with Crippen LogP contribution in [-0.2, 0) is 6.42 Å². The van der Waals surface area contributed by atoms with Gasteiger partial charge in [0.15, 0.2) is 10.9 Å². The van der Waals surface area contributed by atoms with Crippen molar-refractivity contribution in [2.24, 2.45) is 0 Å². The molecule has 0 aliphatic heterocycles. The number of rotatable bonds is 4. The first-order valence-corrected chi connectivity index (χ1v) is 9.65. The van der Waals surface area contributed by atoms with Crippen molar-refractivity contribution in [3.63, 3.8) is 0 Å². The van der Waals surface area contributed by atoms with Crippen LogP contribution >= 0.6 is 34.5 Å². The van der Waals surface area contributed by atoms with E-state index in [-0.39, 0.29) is 0 Å². The van der Waals surface area contributed by atoms with E-state index < -0.39 is 0 Å². The monoisotopic (exact) mass is 403 g/mol. The molecule has 26 heavy (non-hydrogen) atoms. The van der Waals surface area contributed by atoms with E-state index in [1.165, 1.54) is 5.56 Å². The van der Waals surface area contributed by atoms with Crippen LogP contribution in [0.5, 0.6) is 0 Å². The summed E-state index contributed by atoms with van der Waals surface area (Å²) in [5, 5.41) is 9.53. The molecule has 0 radical (unpaired) electrons. The lowest BCUT2D eigenvalue weighted by Crippen LogP contribution is -2.05. The molecule has 0 unspecified atom stereocenters. The molecule has 0 saturated heterocycles. The van der Waals surface area contributed by atoms with Crippen LogP contribution in [0, 0.1) is 6.92 Å². The van der Waals surface area contributed by atoms with Crippen molar-refractivity contribution in [3.05, 3.63) is 57.8 Å². The number of anilines is 2. The predicted octanol–water partition coefficient (Wildman–Crippen LogP) is 5.80. The molecular formula is C18H15Cl2N5S. The summed E-state index contributed by atoms with van der Waals surface area (Å²) in [4.78, 5) is 8.96. The van der Waals surface area contributed by atoms with E-state index in [9.17, 15) is 0 Å². The summed E-state index contributed by atoms with van der Waals surface area (Å²) in [5.41, 5.74) is 3.11. The fourth-order valence-electron chi connectivity index (χ4n) is 2.67. The third kappa shape index (κ3) is 3.28. The van der Waals surface area contributed by atoms with Gasteiger partial charge in [-0.15, -0.1) is 0 Å². The maximum absolute atomic E-state index is 6.30. The minimum absolute atomic E-state index is 0.431. The minimum atomic E-state index is 0.431. The van der Waals surface area contributed by atoms with Gasteiger partial charge >= 0.3 is 0 Å². The van der Waals surface area contributed by atoms with E-state index in [4.69, 9.17) is 23.2 Å². The van der Waals surface area contributed by atoms with Crippen LogP contribution in [0.15, 0.2) is 36.5 Å². The van der Waals surface area contributed by atoms with E-state index in [0.717, 1.165) is 33.3 Å². The van der Waals surface area contributed by atoms with Crippen LogP contribution in [0.25, 0.3) is 16.0 Å². The fourth-order valence-corrected chi connectivity index (χ4v) is 4.06. The number of aromatic nitrogens is 4. The minimum Gasteiger partial charge on any atom is -0.316 e. The average molecular weight is 404 g/mol. The zero-order valence-electron chi connectivity index (χ0n) is 14.1. The van der Waals surface area contributed by atoms with Crippen LogP contribution in [0.2, 0.25) is 10.0 Å². The largest absolute Gasteiger partial charge is 0.316 e. The molecule has 5 nitrogen and oxygen atoms in total. The number of halogens is 2. The molecule has 3 heterocycles. The Bertz CT molecular complexity index is 1100. The first-order valence-electron chi connectivity index (χ1n) is 8.08. The van der Waals surface area contributed by atoms with Crippen LogP contribution in [0.3, 0.4) is 0 Å². The van der Waals surface area contributed by atoms with Gasteiger partial charge in [-0.25, -0.2) is 9.97 Å². The highest BCUT2D eigenvalue weighted by atomic mass is 35.5. The highest BCUT2D eigenvalue weighted by Gasteiger charge is 2.14. The topological polar surface area (TPSA) is 55.6 Å². The van der Waals surface area contributed by atoms with Gasteiger partial charge in [0, 0.05) is 12.3 Å². The summed E-state index contributed by atoms with van der Waals surface area (Å²) >= 11 is 13.8. The molecule has 0 bridgehead atoms. The van der Waals surface area contributed by atoms with Crippen molar-refractivity contribution in [1.82, 2.24) is 19.7 Å². The SMILES string of the molecule is CCc1ccc2nc(Nc3cc(C)nn3-c3ncc(Cl)cc3Cl)sc2c1. The summed E-state index contributed by atoms with van der Waals surface area (Å²) in [6.07, 6.45) is 2.55. The fraction of sp³-hybridized carbons (Fsp3) is 0.167. The number of fused-ring (bicyclic) bond motifs is 1. The highest BCUT2D eigenvalue weighted by molar-refractivity contribution is 7.22. The molecule has 1 N–H and O–H groups in total. The van der Waals surface area contributed by atoms with Crippen LogP contribution < -0.4 is 5.32 Å². The van der Waals surface area contributed by atoms with Gasteiger partial charge in [-0.1, -0.05) is 47.5 Å². The molecule has 0 saturated carbocycles. The molecule has 0 atom stereocenters. The molecule has 4 rings (SSSR count). The molecule has 8 heteroatoms. The van der Waals surface area contributed by atoms with E-state index in [2.05, 4.69) is 45.5 Å². The summed E-state index contributed by atoms with van der Waals surface area (Å²) in [6.45, 7) is 4.06. The number of thiazole rings is 1. The van der Waals surface area contributed by atoms with Gasteiger partial charge in [0.25, 0.3) is 0 Å². The lowest BCUT2D eigenvalue weighted by molar-refractivity contribution is 0.839. The molecule has 1 aromatic carbocycles. The molecular weight excluding hydrogens is 389 g/mol. The molecule has 3 aromatic heterocycles. The van der Waals surface area contributed by atoms with E-state index >= 15 is 0 Å². The summed E-state index contributed by atoms with van der Waals surface area (Å²) in [5.74, 6) is 1.26. The molecule has 4 aromatic rings. The Balaban J connectivity index is 1.73. The average Bonchev–Trinajstić information content (AvgIpc) is 3.17. The lowest BCUT2D eigenvalue weighted by Gasteiger charge is -2.08. The number of nitrogens with zero attached hydrogens (tertiary/aromatic N) is 4. The molecule has 0 aliphatic carbocycles. The number of aryl methyl sites for hydroxylation is 2. The van der Waals surface area contributed by atoms with Gasteiger partial charge in [0.05, 0.1) is 26.0 Å². The summed E-state index contributed by atoms with van der Waals surface area (Å²) in [6, 6.07) is 9.92. The zero-order chi connectivity index (χ0) is 18.3. The Kier molecular flexibility index (Phi) is 4.56. The molecule has 0 fully saturated rings. The number of pyridine rings is 1. The van der Waals surface area contributed by atoms with Gasteiger partial charge in [-0.3, -0.25) is 0 Å². The maximum Gasteiger partial charge on any atom is 0.189 e. The van der Waals surface area contributed by atoms with Gasteiger partial charge in [0.2, 0.25) is 0 Å². The zero-order valence-corrected chi connectivity index (χ0v) is 16.5. The third-order valence-corrected chi connectivity index (χ3v) is 5.34. The number of hydrogen-bond acceptors (Lipinski definition) is 5. The second kappa shape index (κ2) is 6.87. The Morgan fingerprint density at radius 2 is 2.04 bits per heavy atom. The van der Waals surface area contributed by atoms with Crippen LogP contribution in [0.1, 0.15) is 18.2 Å². The molecule has 0 aliphatic rings. The molecule has 0 amide bonds. The van der Waals surface area contributed by atoms with E-state index in [1.54, 1.807) is 28.3 Å². The smallest absolute Gasteiger partial charge is 0.189 e. The van der Waals surface area contributed by atoms with Crippen molar-refractivity contribution in [1.29, 1.82) is 0 Å². The standard InChI is InChI=1S/C18H15Cl2N5S/c1-3-11-4-5-14-15(7-11)26-18(22-14)23-16-6-10(2)24-25(16)17-13(20)8-12(19)9-21-17/h4-9H,3H2,1-2H3,(H,22,23). The van der Waals surface area contributed by atoms with Crippen LogP contribution in [0.4, 0.5) is 10.9 Å². The van der Waals surface area contributed by atoms with Gasteiger partial charge in [0.1, 0.15) is 5.82 Å². The van der Waals surface area contributed by atoms with E-state index in [1.807, 2.05) is 13.0 Å². The van der Waals surface area contributed by atoms with Crippen molar-refractivity contribution in [2.45, 2.75) is 20.3 Å². The molecule has 132 valence electrons. The Labute approximate surface area is 164 Å². The van der Waals surface area contributed by atoms with Gasteiger partial charge in [-0.2, -0.15) is 9.78 Å². The molecule has 0 spiro atoms. The van der Waals surface area contributed by atoms with Gasteiger partial charge < -0.3 is 5.32 Å². The Morgan fingerprint density at radius 3 is 2.81 bits per heavy atom. The predicted molar refractivity (Wildman–Crippen MR) is 108 cm³/mol. The quantitative estimate of drug-likeness (QED) is 0.467. The second-order valence-electron chi connectivity index (χ2n) is 5.84. The normalized spacial score (nSPS) is 11.2. The summed E-state index contributed by atoms with van der Waals surface area (Å²) < 4.78 is 2.81. The van der Waals surface area contributed by atoms with Gasteiger partial charge in [-0.05, 0) is 37.1 Å². The second-order valence-corrected chi connectivity index (χ2v) is 7.72. The van der Waals surface area contributed by atoms with Crippen molar-refractivity contribution < 1.29 is 0 Å². The van der Waals surface area contributed by atoms with E-state index in [0.29, 0.717) is 15.9 Å². The maximum atomic E-state index is 6.30. The number of hydrogen-bond donors (Lipinski definition) is 1. The van der Waals surface area contributed by atoms with Crippen molar-refractivity contribution >= 4 is 55.7 Å². The first-order chi connectivity index (χ1) is 12.5. The Hall–Kier alpha value is -2.15. The van der Waals surface area contributed by atoms with Crippen molar-refractivity contribution in [2.75, 3.05) is 5.32 Å². The van der Waals surface area contributed by atoms with Crippen molar-refractivity contribution in [3.8, 4) is 5.82 Å². The first kappa shape index (κ1) is 17.3. The number of nitrogens with one attached hydrogen (secondary N) is 1. The highest BCUT2D eigenvalue weighted by Crippen LogP contribution is 2.31. The van der Waals surface area contributed by atoms with Crippen LogP contribution in [-0.4, -0.2) is 19.7 Å².